The van der Waals surface area contributed by atoms with E-state index < -0.39 is 9.55 Å². The summed E-state index contributed by atoms with van der Waals surface area (Å²) in [7, 11) is 16.9. The van der Waals surface area contributed by atoms with Gasteiger partial charge in [-0.1, -0.05) is 0 Å². The van der Waals surface area contributed by atoms with E-state index in [0.717, 1.165) is 0 Å². The standard InChI is InChI=1S/Cl4Ge.4H2O/c1-5(2,3)4;;;;/h;4*1H2. The Morgan fingerprint density at radius 3 is 0.556 bits per heavy atom. The number of halogens is 4. The summed E-state index contributed by atoms with van der Waals surface area (Å²) in [5.41, 5.74) is 0. The summed E-state index contributed by atoms with van der Waals surface area (Å²) >= 11 is 0. The van der Waals surface area contributed by atoms with Gasteiger partial charge in [0.25, 0.3) is 0 Å². The van der Waals surface area contributed by atoms with Crippen molar-refractivity contribution in [1.29, 1.82) is 0 Å². The van der Waals surface area contributed by atoms with E-state index in [4.69, 9.17) is 40.0 Å². The van der Waals surface area contributed by atoms with Crippen LogP contribution in [0.2, 0.25) is 0 Å². The van der Waals surface area contributed by atoms with Crippen LogP contribution in [0.15, 0.2) is 0 Å². The molecule has 0 aliphatic rings. The van der Waals surface area contributed by atoms with Crippen molar-refractivity contribution in [3.63, 3.8) is 0 Å². The van der Waals surface area contributed by atoms with E-state index in [9.17, 15) is 0 Å². The molecule has 0 saturated carbocycles. The van der Waals surface area contributed by atoms with Crippen LogP contribution in [0.3, 0.4) is 0 Å². The molecule has 64 valence electrons. The summed E-state index contributed by atoms with van der Waals surface area (Å²) in [4.78, 5) is 0. The summed E-state index contributed by atoms with van der Waals surface area (Å²) in [5.74, 6) is 0. The van der Waals surface area contributed by atoms with Gasteiger partial charge in [-0.3, -0.25) is 0 Å². The molecule has 9 heteroatoms. The predicted molar refractivity (Wildman–Crippen MR) is 43.6 cm³/mol. The normalized spacial score (nSPS) is 6.67. The number of rotatable bonds is 0. The predicted octanol–water partition coefficient (Wildman–Crippen LogP) is -0.922. The van der Waals surface area contributed by atoms with Crippen LogP contribution in [0.25, 0.3) is 0 Å². The van der Waals surface area contributed by atoms with Gasteiger partial charge >= 0.3 is 49.6 Å². The van der Waals surface area contributed by atoms with Crippen molar-refractivity contribution in [1.82, 2.24) is 0 Å². The van der Waals surface area contributed by atoms with E-state index in [2.05, 4.69) is 0 Å². The van der Waals surface area contributed by atoms with Gasteiger partial charge in [0, 0.05) is 0 Å². The summed E-state index contributed by atoms with van der Waals surface area (Å²) in [5, 5.41) is 0. The molecule has 0 unspecified atom stereocenters. The third-order valence-corrected chi connectivity index (χ3v) is 0. The number of hydrogen-bond acceptors (Lipinski definition) is 0. The molecule has 9 heavy (non-hydrogen) atoms. The zero-order chi connectivity index (χ0) is 4.50. The zero-order valence-electron chi connectivity index (χ0n) is 4.01. The van der Waals surface area contributed by atoms with E-state index in [0.29, 0.717) is 0 Å². The average molecular weight is 286 g/mol. The van der Waals surface area contributed by atoms with Crippen molar-refractivity contribution >= 4 is 49.6 Å². The Balaban J connectivity index is -0.0000000133. The molecule has 0 aliphatic carbocycles. The van der Waals surface area contributed by atoms with Crippen LogP contribution in [-0.2, 0) is 0 Å². The third kappa shape index (κ3) is 228. The van der Waals surface area contributed by atoms with Gasteiger partial charge in [-0.15, -0.1) is 0 Å². The molecule has 4 nitrogen and oxygen atoms in total. The maximum atomic E-state index is 5.01. The second-order valence-electron chi connectivity index (χ2n) is 0.429. The van der Waals surface area contributed by atoms with Crippen LogP contribution >= 0.6 is 40.0 Å². The topological polar surface area (TPSA) is 126 Å². The minimum atomic E-state index is -3.11. The first-order valence-corrected chi connectivity index (χ1v) is 11.8. The van der Waals surface area contributed by atoms with E-state index in [1.165, 1.54) is 0 Å². The summed E-state index contributed by atoms with van der Waals surface area (Å²) in [6.45, 7) is 0. The van der Waals surface area contributed by atoms with Crippen molar-refractivity contribution in [3.05, 3.63) is 0 Å². The quantitative estimate of drug-likeness (QED) is 0.511. The first kappa shape index (κ1) is 31.2. The second kappa shape index (κ2) is 12.2. The molecule has 0 aromatic carbocycles. The van der Waals surface area contributed by atoms with Gasteiger partial charge in [-0.2, -0.15) is 0 Å². The van der Waals surface area contributed by atoms with Crippen LogP contribution < -0.4 is 0 Å². The second-order valence-corrected chi connectivity index (χ2v) is 20.0. The molecule has 0 rings (SSSR count). The van der Waals surface area contributed by atoms with Gasteiger partial charge in [0.1, 0.15) is 0 Å². The molecule has 0 heterocycles. The van der Waals surface area contributed by atoms with Gasteiger partial charge in [-0.05, 0) is 0 Å². The van der Waals surface area contributed by atoms with Gasteiger partial charge < -0.3 is 21.9 Å². The minimum absolute atomic E-state index is 0. The summed E-state index contributed by atoms with van der Waals surface area (Å²) in [6, 6.07) is 0. The van der Waals surface area contributed by atoms with E-state index in [-0.39, 0.29) is 21.9 Å². The van der Waals surface area contributed by atoms with Gasteiger partial charge in [0.15, 0.2) is 0 Å². The molecule has 0 aromatic heterocycles. The number of hydrogen-bond donors (Lipinski definition) is 0. The van der Waals surface area contributed by atoms with Crippen molar-refractivity contribution in [2.24, 2.45) is 0 Å². The first-order valence-electron chi connectivity index (χ1n) is 0.756. The van der Waals surface area contributed by atoms with Crippen LogP contribution in [0.1, 0.15) is 0 Å². The molecule has 8 N–H and O–H groups in total. The molecule has 0 saturated heterocycles. The van der Waals surface area contributed by atoms with Gasteiger partial charge in [0.05, 0.1) is 0 Å². The zero-order valence-corrected chi connectivity index (χ0v) is 9.13. The molecule has 0 fully saturated rings. The SMILES string of the molecule is O.O.O.O.[Cl][Ge]([Cl])([Cl])[Cl]. The Bertz CT molecular complexity index is 28.0. The molecule has 0 atom stereocenters. The van der Waals surface area contributed by atoms with E-state index >= 15 is 0 Å². The third-order valence-electron chi connectivity index (χ3n) is 0. The molecule has 0 amide bonds. The summed E-state index contributed by atoms with van der Waals surface area (Å²) in [6.07, 6.45) is 0. The Hall–Kier alpha value is 1.54. The molecular formula is H8Cl4GeO4. The van der Waals surface area contributed by atoms with Crippen LogP contribution in [-0.4, -0.2) is 31.5 Å². The van der Waals surface area contributed by atoms with Gasteiger partial charge in [-0.25, -0.2) is 0 Å². The fraction of sp³-hybridized carbons (Fsp3) is 0. The van der Waals surface area contributed by atoms with Crippen molar-refractivity contribution in [2.75, 3.05) is 0 Å². The summed E-state index contributed by atoms with van der Waals surface area (Å²) < 4.78 is 0. The Morgan fingerprint density at radius 1 is 0.556 bits per heavy atom. The Labute approximate surface area is 71.4 Å². The first-order chi connectivity index (χ1) is 2.00. The monoisotopic (exact) mass is 286 g/mol. The maximum absolute atomic E-state index is 5.01. The van der Waals surface area contributed by atoms with Crippen LogP contribution in [0.5, 0.6) is 0 Å². The fourth-order valence-electron chi connectivity index (χ4n) is 0. The molecular weight excluding hydrogens is 278 g/mol. The fourth-order valence-corrected chi connectivity index (χ4v) is 0. The Morgan fingerprint density at radius 2 is 0.556 bits per heavy atom. The molecule has 0 spiro atoms. The molecule has 0 aliphatic heterocycles. The molecule has 0 bridgehead atoms. The Kier molecular flexibility index (Phi) is 42.5. The van der Waals surface area contributed by atoms with Gasteiger partial charge in [0.2, 0.25) is 0 Å². The van der Waals surface area contributed by atoms with Crippen molar-refractivity contribution < 1.29 is 21.9 Å². The van der Waals surface area contributed by atoms with Crippen molar-refractivity contribution in [3.8, 4) is 0 Å². The van der Waals surface area contributed by atoms with E-state index in [1.54, 1.807) is 0 Å². The van der Waals surface area contributed by atoms with Crippen LogP contribution in [0, 0.1) is 0 Å². The van der Waals surface area contributed by atoms with E-state index in [1.807, 2.05) is 0 Å². The van der Waals surface area contributed by atoms with Crippen LogP contribution in [0.4, 0.5) is 0 Å². The average Bonchev–Trinajstić information content (AvgIpc) is 0.722. The van der Waals surface area contributed by atoms with Crippen molar-refractivity contribution in [2.45, 2.75) is 0 Å². The molecule has 0 aromatic rings. The molecule has 0 radical (unpaired) electrons.